The predicted octanol–water partition coefficient (Wildman–Crippen LogP) is 4.62. The maximum absolute atomic E-state index is 12.8. The van der Waals surface area contributed by atoms with Crippen molar-refractivity contribution in [1.29, 1.82) is 0 Å². The number of para-hydroxylation sites is 2. The van der Waals surface area contributed by atoms with E-state index >= 15 is 0 Å². The van der Waals surface area contributed by atoms with E-state index in [2.05, 4.69) is 10.3 Å². The van der Waals surface area contributed by atoms with Crippen LogP contribution in [-0.4, -0.2) is 25.2 Å². The van der Waals surface area contributed by atoms with E-state index in [9.17, 15) is 9.59 Å². The third-order valence-electron chi connectivity index (χ3n) is 5.79. The smallest absolute Gasteiger partial charge is 0.262 e. The van der Waals surface area contributed by atoms with Gasteiger partial charge in [0.15, 0.2) is 4.77 Å². The summed E-state index contributed by atoms with van der Waals surface area (Å²) in [5.41, 5.74) is 4.10. The Labute approximate surface area is 206 Å². The molecule has 0 bridgehead atoms. The summed E-state index contributed by atoms with van der Waals surface area (Å²) in [4.78, 5) is 28.6. The van der Waals surface area contributed by atoms with Gasteiger partial charge in [-0.1, -0.05) is 60.7 Å². The summed E-state index contributed by atoms with van der Waals surface area (Å²) in [6.07, 6.45) is 2.06. The van der Waals surface area contributed by atoms with Gasteiger partial charge < -0.3 is 10.3 Å². The van der Waals surface area contributed by atoms with E-state index in [1.807, 2.05) is 83.7 Å². The second kappa shape index (κ2) is 9.90. The fourth-order valence-corrected chi connectivity index (χ4v) is 4.27. The Morgan fingerprint density at radius 3 is 2.40 bits per heavy atom. The van der Waals surface area contributed by atoms with E-state index in [0.717, 1.165) is 22.5 Å². The van der Waals surface area contributed by atoms with Crippen LogP contribution in [-0.2, 0) is 17.9 Å². The van der Waals surface area contributed by atoms with Crippen molar-refractivity contribution in [3.05, 3.63) is 112 Å². The topological polar surface area (TPSA) is 84.7 Å². The highest BCUT2D eigenvalue weighted by molar-refractivity contribution is 7.71. The number of nitrogens with one attached hydrogen (secondary N) is 2. The summed E-state index contributed by atoms with van der Waals surface area (Å²) in [6.45, 7) is 0.509. The molecule has 2 heterocycles. The molecule has 35 heavy (non-hydrogen) atoms. The first-order valence-electron chi connectivity index (χ1n) is 11.3. The molecule has 2 N–H and O–H groups in total. The molecule has 0 aliphatic rings. The molecule has 0 saturated carbocycles. The largest absolute Gasteiger partial charge is 0.352 e. The van der Waals surface area contributed by atoms with Crippen molar-refractivity contribution in [2.24, 2.45) is 0 Å². The number of amides is 1. The molecule has 8 heteroatoms. The van der Waals surface area contributed by atoms with Crippen LogP contribution in [0.15, 0.2) is 95.9 Å². The minimum atomic E-state index is -0.201. The molecular weight excluding hydrogens is 458 g/mol. The van der Waals surface area contributed by atoms with E-state index in [1.54, 1.807) is 12.1 Å². The van der Waals surface area contributed by atoms with Gasteiger partial charge in [0, 0.05) is 36.8 Å². The highest BCUT2D eigenvalue weighted by Gasteiger charge is 2.14. The third-order valence-corrected chi connectivity index (χ3v) is 6.11. The number of hydrogen-bond donors (Lipinski definition) is 2. The molecule has 1 amide bonds. The Kier molecular flexibility index (Phi) is 6.36. The first-order chi connectivity index (χ1) is 17.1. The van der Waals surface area contributed by atoms with Crippen LogP contribution in [0.25, 0.3) is 27.8 Å². The van der Waals surface area contributed by atoms with Crippen LogP contribution in [0.5, 0.6) is 0 Å². The predicted molar refractivity (Wildman–Crippen MR) is 139 cm³/mol. The molecule has 3 aromatic carbocycles. The van der Waals surface area contributed by atoms with Gasteiger partial charge in [0.25, 0.3) is 5.56 Å². The van der Waals surface area contributed by atoms with Crippen LogP contribution in [0.1, 0.15) is 12.0 Å². The normalized spacial score (nSPS) is 11.0. The van der Waals surface area contributed by atoms with Gasteiger partial charge in [0.05, 0.1) is 22.3 Å². The molecule has 2 aromatic heterocycles. The highest BCUT2D eigenvalue weighted by atomic mass is 32.1. The Morgan fingerprint density at radius 1 is 0.943 bits per heavy atom. The lowest BCUT2D eigenvalue weighted by Crippen LogP contribution is -2.28. The van der Waals surface area contributed by atoms with Crippen molar-refractivity contribution >= 4 is 29.0 Å². The van der Waals surface area contributed by atoms with Crippen molar-refractivity contribution in [2.45, 2.75) is 19.5 Å². The second-order valence-corrected chi connectivity index (χ2v) is 8.50. The number of aromatic nitrogens is 4. The molecule has 0 aliphatic heterocycles. The lowest BCUT2D eigenvalue weighted by Gasteiger charge is -2.09. The second-order valence-electron chi connectivity index (χ2n) is 8.11. The molecular formula is C27H23N5O2S. The summed E-state index contributed by atoms with van der Waals surface area (Å²) >= 11 is 5.35. The van der Waals surface area contributed by atoms with Crippen molar-refractivity contribution in [3.8, 4) is 16.9 Å². The van der Waals surface area contributed by atoms with Gasteiger partial charge >= 0.3 is 0 Å². The van der Waals surface area contributed by atoms with Gasteiger partial charge in [-0.15, -0.1) is 0 Å². The SMILES string of the molecule is O=C(CCn1c(=S)[nH]c2ccccc2c1=O)NCc1cn(-c2ccccc2)nc1-c1ccccc1. The standard InChI is InChI=1S/C27H23N5O2S/c33-24(15-16-31-26(34)22-13-7-8-14-23(22)29-27(31)35)28-17-20-18-32(21-11-5-2-6-12-21)30-25(20)19-9-3-1-4-10-19/h1-14,18H,15-17H2,(H,28,33)(H,29,35). The lowest BCUT2D eigenvalue weighted by atomic mass is 10.1. The lowest BCUT2D eigenvalue weighted by molar-refractivity contribution is -0.121. The van der Waals surface area contributed by atoms with Crippen LogP contribution in [0.4, 0.5) is 0 Å². The Morgan fingerprint density at radius 2 is 1.63 bits per heavy atom. The van der Waals surface area contributed by atoms with E-state index in [-0.39, 0.29) is 24.4 Å². The van der Waals surface area contributed by atoms with E-state index in [4.69, 9.17) is 17.3 Å². The number of benzene rings is 3. The minimum Gasteiger partial charge on any atom is -0.352 e. The number of nitrogens with zero attached hydrogens (tertiary/aromatic N) is 3. The summed E-state index contributed by atoms with van der Waals surface area (Å²) in [5, 5.41) is 8.29. The fraction of sp³-hybridized carbons (Fsp3) is 0.111. The number of fused-ring (bicyclic) bond motifs is 1. The molecule has 0 fully saturated rings. The molecule has 0 radical (unpaired) electrons. The third kappa shape index (κ3) is 4.83. The molecule has 0 spiro atoms. The molecule has 174 valence electrons. The quantitative estimate of drug-likeness (QED) is 0.332. The first kappa shape index (κ1) is 22.5. The summed E-state index contributed by atoms with van der Waals surface area (Å²) in [6, 6.07) is 26.9. The zero-order chi connectivity index (χ0) is 24.2. The molecule has 0 saturated heterocycles. The first-order valence-corrected chi connectivity index (χ1v) is 11.7. The van der Waals surface area contributed by atoms with Crippen LogP contribution in [0.2, 0.25) is 0 Å². The Balaban J connectivity index is 1.33. The van der Waals surface area contributed by atoms with Gasteiger partial charge in [-0.25, -0.2) is 4.68 Å². The molecule has 7 nitrogen and oxygen atoms in total. The van der Waals surface area contributed by atoms with Crippen molar-refractivity contribution in [3.63, 3.8) is 0 Å². The number of H-pyrrole nitrogens is 1. The van der Waals surface area contributed by atoms with Crippen molar-refractivity contribution < 1.29 is 4.79 Å². The van der Waals surface area contributed by atoms with Crippen LogP contribution in [0, 0.1) is 4.77 Å². The summed E-state index contributed by atoms with van der Waals surface area (Å²) in [7, 11) is 0. The molecule has 5 aromatic rings. The highest BCUT2D eigenvalue weighted by Crippen LogP contribution is 2.23. The van der Waals surface area contributed by atoms with E-state index in [0.29, 0.717) is 22.2 Å². The zero-order valence-electron chi connectivity index (χ0n) is 18.8. The average Bonchev–Trinajstić information content (AvgIpc) is 3.33. The summed E-state index contributed by atoms with van der Waals surface area (Å²) < 4.78 is 3.55. The summed E-state index contributed by atoms with van der Waals surface area (Å²) in [5.74, 6) is -0.175. The van der Waals surface area contributed by atoms with Gasteiger partial charge in [0.1, 0.15) is 0 Å². The van der Waals surface area contributed by atoms with Crippen LogP contribution in [0.3, 0.4) is 0 Å². The van der Waals surface area contributed by atoms with E-state index in [1.165, 1.54) is 4.57 Å². The molecule has 0 aliphatic carbocycles. The average molecular weight is 482 g/mol. The monoisotopic (exact) mass is 481 g/mol. The Hall–Kier alpha value is -4.30. The van der Waals surface area contributed by atoms with Gasteiger partial charge in [-0.2, -0.15) is 5.10 Å². The van der Waals surface area contributed by atoms with Crippen LogP contribution >= 0.6 is 12.2 Å². The number of hydrogen-bond acceptors (Lipinski definition) is 4. The van der Waals surface area contributed by atoms with Crippen molar-refractivity contribution in [1.82, 2.24) is 24.6 Å². The number of carbonyl (C=O) groups excluding carboxylic acids is 1. The minimum absolute atomic E-state index is 0.128. The molecule has 5 rings (SSSR count). The number of rotatable bonds is 7. The molecule has 0 atom stereocenters. The van der Waals surface area contributed by atoms with Crippen LogP contribution < -0.4 is 10.9 Å². The Bertz CT molecular complexity index is 1600. The maximum Gasteiger partial charge on any atom is 0.262 e. The fourth-order valence-electron chi connectivity index (χ4n) is 3.99. The molecule has 0 unspecified atom stereocenters. The van der Waals surface area contributed by atoms with Crippen molar-refractivity contribution in [2.75, 3.05) is 0 Å². The maximum atomic E-state index is 12.8. The van der Waals surface area contributed by atoms with Gasteiger partial charge in [-0.3, -0.25) is 14.2 Å². The van der Waals surface area contributed by atoms with Gasteiger partial charge in [-0.05, 0) is 36.5 Å². The number of aromatic amines is 1. The number of carbonyl (C=O) groups is 1. The van der Waals surface area contributed by atoms with E-state index < -0.39 is 0 Å². The van der Waals surface area contributed by atoms with Gasteiger partial charge in [0.2, 0.25) is 5.91 Å². The zero-order valence-corrected chi connectivity index (χ0v) is 19.7.